The number of nitrogens with one attached hydrogen (secondary N) is 1. The molecule has 4 N–H and O–H groups in total. The second kappa shape index (κ2) is 4.74. The number of fused-ring (bicyclic) bond motifs is 1. The minimum Gasteiger partial charge on any atom is -0.395 e. The number of hydrogen-bond donors (Lipinski definition) is 3. The van der Waals surface area contributed by atoms with E-state index in [2.05, 4.69) is 16.4 Å². The van der Waals surface area contributed by atoms with Gasteiger partial charge in [0.25, 0.3) is 0 Å². The molecule has 1 heterocycles. The van der Waals surface area contributed by atoms with Crippen LogP contribution in [-0.2, 0) is 0 Å². The second-order valence-electron chi connectivity index (χ2n) is 4.88. The Bertz CT molecular complexity index is 546. The third-order valence-electron chi connectivity index (χ3n) is 3.60. The Hall–Kier alpha value is -1.33. The van der Waals surface area contributed by atoms with Crippen molar-refractivity contribution in [2.45, 2.75) is 37.8 Å². The first kappa shape index (κ1) is 11.7. The van der Waals surface area contributed by atoms with Gasteiger partial charge >= 0.3 is 0 Å². The van der Waals surface area contributed by atoms with Crippen LogP contribution < -0.4 is 11.1 Å². The number of anilines is 2. The van der Waals surface area contributed by atoms with E-state index in [0.717, 1.165) is 47.3 Å². The number of thiazole rings is 1. The average molecular weight is 263 g/mol. The van der Waals surface area contributed by atoms with E-state index in [1.165, 1.54) is 0 Å². The summed E-state index contributed by atoms with van der Waals surface area (Å²) in [5.41, 5.74) is 10.6. The van der Waals surface area contributed by atoms with E-state index in [9.17, 15) is 5.11 Å². The standard InChI is InChI=1S/C13H17N3OS/c14-12-10(5-6-11-13(12)15-7-18-11)16-8-1-3-9(17)4-2-8/h5-9,16-17H,1-4,14H2. The first-order valence-electron chi connectivity index (χ1n) is 6.30. The van der Waals surface area contributed by atoms with Gasteiger partial charge in [0.05, 0.1) is 27.7 Å². The van der Waals surface area contributed by atoms with Crippen molar-refractivity contribution in [1.82, 2.24) is 4.98 Å². The molecule has 0 spiro atoms. The number of nitrogen functional groups attached to an aromatic ring is 1. The summed E-state index contributed by atoms with van der Waals surface area (Å²) < 4.78 is 1.12. The summed E-state index contributed by atoms with van der Waals surface area (Å²) in [6, 6.07) is 4.50. The molecule has 0 amide bonds. The van der Waals surface area contributed by atoms with Crippen molar-refractivity contribution >= 4 is 32.9 Å². The van der Waals surface area contributed by atoms with Crippen molar-refractivity contribution in [3.63, 3.8) is 0 Å². The first-order chi connectivity index (χ1) is 8.74. The van der Waals surface area contributed by atoms with Gasteiger partial charge < -0.3 is 16.2 Å². The topological polar surface area (TPSA) is 71.2 Å². The number of nitrogens with zero attached hydrogens (tertiary/aromatic N) is 1. The van der Waals surface area contributed by atoms with E-state index in [1.54, 1.807) is 11.3 Å². The molecule has 0 aliphatic heterocycles. The summed E-state index contributed by atoms with van der Waals surface area (Å²) in [6.45, 7) is 0. The number of hydrogen-bond acceptors (Lipinski definition) is 5. The molecule has 1 fully saturated rings. The molecule has 1 saturated carbocycles. The van der Waals surface area contributed by atoms with Crippen LogP contribution in [0.1, 0.15) is 25.7 Å². The van der Waals surface area contributed by atoms with E-state index in [0.29, 0.717) is 6.04 Å². The van der Waals surface area contributed by atoms with Crippen LogP contribution >= 0.6 is 11.3 Å². The fourth-order valence-corrected chi connectivity index (χ4v) is 3.21. The monoisotopic (exact) mass is 263 g/mol. The van der Waals surface area contributed by atoms with Gasteiger partial charge in [-0.1, -0.05) is 0 Å². The highest BCUT2D eigenvalue weighted by Gasteiger charge is 2.20. The molecule has 1 aliphatic carbocycles. The molecule has 0 unspecified atom stereocenters. The van der Waals surface area contributed by atoms with Crippen molar-refractivity contribution in [2.24, 2.45) is 0 Å². The van der Waals surface area contributed by atoms with Gasteiger partial charge in [-0.15, -0.1) is 11.3 Å². The van der Waals surface area contributed by atoms with E-state index >= 15 is 0 Å². The van der Waals surface area contributed by atoms with E-state index in [1.807, 2.05) is 11.6 Å². The Labute approximate surface area is 110 Å². The predicted molar refractivity (Wildman–Crippen MR) is 75.9 cm³/mol. The van der Waals surface area contributed by atoms with Crippen LogP contribution in [-0.4, -0.2) is 22.2 Å². The maximum atomic E-state index is 9.50. The van der Waals surface area contributed by atoms with Crippen molar-refractivity contribution in [2.75, 3.05) is 11.1 Å². The number of aliphatic hydroxyl groups excluding tert-OH is 1. The number of rotatable bonds is 2. The fourth-order valence-electron chi connectivity index (χ4n) is 2.52. The van der Waals surface area contributed by atoms with Gasteiger partial charge in [-0.25, -0.2) is 4.98 Å². The van der Waals surface area contributed by atoms with Gasteiger partial charge in [-0.2, -0.15) is 0 Å². The molecule has 2 aromatic rings. The van der Waals surface area contributed by atoms with Gasteiger partial charge in [0.2, 0.25) is 0 Å². The molecule has 0 radical (unpaired) electrons. The lowest BCUT2D eigenvalue weighted by Crippen LogP contribution is -2.28. The third kappa shape index (κ3) is 2.15. The molecular weight excluding hydrogens is 246 g/mol. The van der Waals surface area contributed by atoms with Crippen LogP contribution in [0.25, 0.3) is 10.2 Å². The Kier molecular flexibility index (Phi) is 3.09. The molecular formula is C13H17N3OS. The highest BCUT2D eigenvalue weighted by molar-refractivity contribution is 7.16. The summed E-state index contributed by atoms with van der Waals surface area (Å²) >= 11 is 1.60. The van der Waals surface area contributed by atoms with Crippen molar-refractivity contribution in [3.8, 4) is 0 Å². The number of nitrogens with two attached hydrogens (primary N) is 1. The predicted octanol–water partition coefficient (Wildman–Crippen LogP) is 2.59. The second-order valence-corrected chi connectivity index (χ2v) is 5.76. The minimum absolute atomic E-state index is 0.124. The Balaban J connectivity index is 1.80. The summed E-state index contributed by atoms with van der Waals surface area (Å²) in [7, 11) is 0. The SMILES string of the molecule is Nc1c(NC2CCC(O)CC2)ccc2scnc12. The van der Waals surface area contributed by atoms with Crippen LogP contribution in [0.15, 0.2) is 17.6 Å². The smallest absolute Gasteiger partial charge is 0.106 e. The largest absolute Gasteiger partial charge is 0.395 e. The Morgan fingerprint density at radius 3 is 2.83 bits per heavy atom. The number of benzene rings is 1. The Morgan fingerprint density at radius 2 is 2.06 bits per heavy atom. The van der Waals surface area contributed by atoms with Crippen LogP contribution in [0.5, 0.6) is 0 Å². The number of aromatic nitrogens is 1. The van der Waals surface area contributed by atoms with Crippen LogP contribution in [0.4, 0.5) is 11.4 Å². The van der Waals surface area contributed by atoms with Crippen LogP contribution in [0.3, 0.4) is 0 Å². The zero-order valence-electron chi connectivity index (χ0n) is 10.1. The molecule has 0 saturated heterocycles. The number of aliphatic hydroxyl groups is 1. The molecule has 0 atom stereocenters. The summed E-state index contributed by atoms with van der Waals surface area (Å²) in [4.78, 5) is 4.30. The molecule has 5 heteroatoms. The van der Waals surface area contributed by atoms with Crippen molar-refractivity contribution in [3.05, 3.63) is 17.6 Å². The zero-order valence-corrected chi connectivity index (χ0v) is 10.9. The van der Waals surface area contributed by atoms with Crippen molar-refractivity contribution in [1.29, 1.82) is 0 Å². The summed E-state index contributed by atoms with van der Waals surface area (Å²) in [5.74, 6) is 0. The van der Waals surface area contributed by atoms with E-state index in [4.69, 9.17) is 5.73 Å². The lowest BCUT2D eigenvalue weighted by atomic mass is 9.93. The van der Waals surface area contributed by atoms with E-state index < -0.39 is 0 Å². The lowest BCUT2D eigenvalue weighted by Gasteiger charge is -2.27. The maximum Gasteiger partial charge on any atom is 0.106 e. The summed E-state index contributed by atoms with van der Waals surface area (Å²) in [5, 5.41) is 13.0. The van der Waals surface area contributed by atoms with Crippen molar-refractivity contribution < 1.29 is 5.11 Å². The van der Waals surface area contributed by atoms with Crippen LogP contribution in [0, 0.1) is 0 Å². The average Bonchev–Trinajstić information content (AvgIpc) is 2.84. The first-order valence-corrected chi connectivity index (χ1v) is 7.18. The molecule has 18 heavy (non-hydrogen) atoms. The molecule has 0 bridgehead atoms. The lowest BCUT2D eigenvalue weighted by molar-refractivity contribution is 0.126. The van der Waals surface area contributed by atoms with Gasteiger partial charge in [-0.05, 0) is 37.8 Å². The highest BCUT2D eigenvalue weighted by atomic mass is 32.1. The van der Waals surface area contributed by atoms with Crippen LogP contribution in [0.2, 0.25) is 0 Å². The van der Waals surface area contributed by atoms with Gasteiger partial charge in [-0.3, -0.25) is 0 Å². The van der Waals surface area contributed by atoms with E-state index in [-0.39, 0.29) is 6.10 Å². The normalized spacial score (nSPS) is 24.3. The van der Waals surface area contributed by atoms with Gasteiger partial charge in [0.15, 0.2) is 0 Å². The Morgan fingerprint density at radius 1 is 1.28 bits per heavy atom. The maximum absolute atomic E-state index is 9.50. The molecule has 4 nitrogen and oxygen atoms in total. The van der Waals surface area contributed by atoms with Gasteiger partial charge in [0.1, 0.15) is 5.52 Å². The quantitative estimate of drug-likeness (QED) is 0.728. The zero-order chi connectivity index (χ0) is 12.5. The molecule has 1 aliphatic rings. The van der Waals surface area contributed by atoms with Gasteiger partial charge in [0, 0.05) is 6.04 Å². The summed E-state index contributed by atoms with van der Waals surface area (Å²) in [6.07, 6.45) is 3.61. The molecule has 3 rings (SSSR count). The fraction of sp³-hybridized carbons (Fsp3) is 0.462. The molecule has 1 aromatic heterocycles. The third-order valence-corrected chi connectivity index (χ3v) is 4.39. The highest BCUT2D eigenvalue weighted by Crippen LogP contribution is 2.32. The molecule has 96 valence electrons. The molecule has 1 aromatic carbocycles. The minimum atomic E-state index is -0.124.